The van der Waals surface area contributed by atoms with Gasteiger partial charge in [-0.1, -0.05) is 0 Å². The summed E-state index contributed by atoms with van der Waals surface area (Å²) in [5.74, 6) is 0. The maximum Gasteiger partial charge on any atom is 0.396 e. The molecule has 0 saturated heterocycles. The van der Waals surface area contributed by atoms with Crippen molar-refractivity contribution in [2.45, 2.75) is 31.5 Å². The summed E-state index contributed by atoms with van der Waals surface area (Å²) in [5.41, 5.74) is -2.05. The van der Waals surface area contributed by atoms with Gasteiger partial charge in [-0.3, -0.25) is 0 Å². The molecule has 0 bridgehead atoms. The molecule has 1 aliphatic rings. The van der Waals surface area contributed by atoms with E-state index in [2.05, 4.69) is 0 Å². The third kappa shape index (κ3) is 1.43. The minimum absolute atomic E-state index is 0.125. The number of halogens is 3. The molecule has 0 aromatic carbocycles. The summed E-state index contributed by atoms with van der Waals surface area (Å²) in [7, 11) is 0. The molecule has 12 heavy (non-hydrogen) atoms. The Balaban J connectivity index is 2.78. The van der Waals surface area contributed by atoms with Gasteiger partial charge in [0.2, 0.25) is 0 Å². The van der Waals surface area contributed by atoms with Crippen LogP contribution >= 0.6 is 0 Å². The Morgan fingerprint density at radius 3 is 2.17 bits per heavy atom. The molecule has 0 heterocycles. The van der Waals surface area contributed by atoms with Gasteiger partial charge in [0.15, 0.2) is 0 Å². The highest BCUT2D eigenvalue weighted by molar-refractivity contribution is 4.94. The third-order valence-electron chi connectivity index (χ3n) is 2.49. The molecular formula is C7H11F3O2. The van der Waals surface area contributed by atoms with Crippen molar-refractivity contribution in [2.75, 3.05) is 6.61 Å². The average molecular weight is 184 g/mol. The van der Waals surface area contributed by atoms with E-state index in [0.29, 0.717) is 0 Å². The third-order valence-corrected chi connectivity index (χ3v) is 2.49. The maximum absolute atomic E-state index is 12.3. The number of hydrogen-bond acceptors (Lipinski definition) is 2. The van der Waals surface area contributed by atoms with Crippen LogP contribution in [0.5, 0.6) is 0 Å². The quantitative estimate of drug-likeness (QED) is 0.640. The van der Waals surface area contributed by atoms with E-state index < -0.39 is 24.3 Å². The van der Waals surface area contributed by atoms with E-state index in [0.717, 1.165) is 0 Å². The Morgan fingerprint density at radius 1 is 1.42 bits per heavy atom. The zero-order valence-electron chi connectivity index (χ0n) is 6.43. The van der Waals surface area contributed by atoms with E-state index >= 15 is 0 Å². The fourth-order valence-electron chi connectivity index (χ4n) is 1.59. The van der Waals surface area contributed by atoms with Gasteiger partial charge in [-0.25, -0.2) is 0 Å². The predicted molar refractivity (Wildman–Crippen MR) is 35.4 cm³/mol. The fraction of sp³-hybridized carbons (Fsp3) is 1.00. The van der Waals surface area contributed by atoms with Crippen molar-refractivity contribution < 1.29 is 23.4 Å². The molecule has 1 saturated carbocycles. The normalized spacial score (nSPS) is 37.2. The molecule has 0 aliphatic heterocycles. The lowest BCUT2D eigenvalue weighted by molar-refractivity contribution is -0.235. The van der Waals surface area contributed by atoms with Crippen molar-refractivity contribution in [2.24, 2.45) is 5.41 Å². The summed E-state index contributed by atoms with van der Waals surface area (Å²) in [6.07, 6.45) is -5.74. The van der Waals surface area contributed by atoms with Crippen LogP contribution in [0.25, 0.3) is 0 Å². The van der Waals surface area contributed by atoms with Crippen LogP contribution in [0.1, 0.15) is 19.3 Å². The summed E-state index contributed by atoms with van der Waals surface area (Å²) in [4.78, 5) is 0. The average Bonchev–Trinajstić information content (AvgIpc) is 2.31. The molecule has 0 radical (unpaired) electrons. The summed E-state index contributed by atoms with van der Waals surface area (Å²) in [6, 6.07) is 0. The van der Waals surface area contributed by atoms with Gasteiger partial charge < -0.3 is 10.2 Å². The van der Waals surface area contributed by atoms with Crippen LogP contribution in [0, 0.1) is 5.41 Å². The van der Waals surface area contributed by atoms with E-state index in [1.165, 1.54) is 0 Å². The lowest BCUT2D eigenvalue weighted by Crippen LogP contribution is -2.39. The van der Waals surface area contributed by atoms with E-state index in [-0.39, 0.29) is 19.3 Å². The van der Waals surface area contributed by atoms with Crippen LogP contribution in [0.15, 0.2) is 0 Å². The van der Waals surface area contributed by atoms with Gasteiger partial charge in [-0.15, -0.1) is 0 Å². The van der Waals surface area contributed by atoms with Crippen LogP contribution in [-0.2, 0) is 0 Å². The van der Waals surface area contributed by atoms with Crippen LogP contribution in [0.4, 0.5) is 13.2 Å². The van der Waals surface area contributed by atoms with Gasteiger partial charge in [0.1, 0.15) is 0 Å². The van der Waals surface area contributed by atoms with Crippen LogP contribution in [0.3, 0.4) is 0 Å². The first kappa shape index (κ1) is 9.80. The van der Waals surface area contributed by atoms with E-state index in [4.69, 9.17) is 10.2 Å². The van der Waals surface area contributed by atoms with Crippen molar-refractivity contribution >= 4 is 0 Å². The van der Waals surface area contributed by atoms with E-state index in [1.807, 2.05) is 0 Å². The SMILES string of the molecule is OC[C@@]1(C(F)(F)F)CC[C@@H](O)C1. The number of rotatable bonds is 1. The minimum Gasteiger partial charge on any atom is -0.395 e. The Morgan fingerprint density at radius 2 is 2.00 bits per heavy atom. The standard InChI is InChI=1S/C7H11F3O2/c8-7(9,10)6(4-11)2-1-5(12)3-6/h5,11-12H,1-4H2/t5-,6-/m1/s1. The van der Waals surface area contributed by atoms with Gasteiger partial charge in [-0.05, 0) is 19.3 Å². The summed E-state index contributed by atoms with van der Waals surface area (Å²) >= 11 is 0. The molecule has 5 heteroatoms. The monoisotopic (exact) mass is 184 g/mol. The van der Waals surface area contributed by atoms with Gasteiger partial charge >= 0.3 is 6.18 Å². The number of hydrogen-bond donors (Lipinski definition) is 2. The fourth-order valence-corrected chi connectivity index (χ4v) is 1.59. The highest BCUT2D eigenvalue weighted by Crippen LogP contribution is 2.49. The van der Waals surface area contributed by atoms with Gasteiger partial charge in [0.25, 0.3) is 0 Å². The topological polar surface area (TPSA) is 40.5 Å². The molecule has 72 valence electrons. The number of alkyl halides is 3. The zero-order chi connectivity index (χ0) is 9.41. The largest absolute Gasteiger partial charge is 0.396 e. The zero-order valence-corrected chi connectivity index (χ0v) is 6.43. The van der Waals surface area contributed by atoms with Crippen molar-refractivity contribution in [1.29, 1.82) is 0 Å². The van der Waals surface area contributed by atoms with Crippen LogP contribution in [0.2, 0.25) is 0 Å². The van der Waals surface area contributed by atoms with Crippen molar-refractivity contribution in [3.63, 3.8) is 0 Å². The molecule has 0 aromatic heterocycles. The second-order valence-corrected chi connectivity index (χ2v) is 3.33. The van der Waals surface area contributed by atoms with E-state index in [1.54, 1.807) is 0 Å². The first-order valence-corrected chi connectivity index (χ1v) is 3.77. The first-order chi connectivity index (χ1) is 5.41. The van der Waals surface area contributed by atoms with Crippen molar-refractivity contribution in [3.05, 3.63) is 0 Å². The van der Waals surface area contributed by atoms with Crippen LogP contribution < -0.4 is 0 Å². The predicted octanol–water partition coefficient (Wildman–Crippen LogP) is 1.07. The van der Waals surface area contributed by atoms with Gasteiger partial charge in [-0.2, -0.15) is 13.2 Å². The maximum atomic E-state index is 12.3. The number of aliphatic hydroxyl groups excluding tert-OH is 2. The molecule has 0 amide bonds. The second kappa shape index (κ2) is 2.88. The smallest absolute Gasteiger partial charge is 0.395 e. The van der Waals surface area contributed by atoms with E-state index in [9.17, 15) is 13.2 Å². The summed E-state index contributed by atoms with van der Waals surface area (Å²) in [5, 5.41) is 17.6. The number of aliphatic hydroxyl groups is 2. The molecule has 0 aromatic rings. The molecular weight excluding hydrogens is 173 g/mol. The lowest BCUT2D eigenvalue weighted by Gasteiger charge is -2.29. The molecule has 2 atom stereocenters. The van der Waals surface area contributed by atoms with Gasteiger partial charge in [0, 0.05) is 0 Å². The molecule has 1 aliphatic carbocycles. The molecule has 0 unspecified atom stereocenters. The molecule has 2 nitrogen and oxygen atoms in total. The van der Waals surface area contributed by atoms with Crippen molar-refractivity contribution in [1.82, 2.24) is 0 Å². The van der Waals surface area contributed by atoms with Crippen molar-refractivity contribution in [3.8, 4) is 0 Å². The molecule has 1 rings (SSSR count). The second-order valence-electron chi connectivity index (χ2n) is 3.33. The Hall–Kier alpha value is -0.290. The Bertz CT molecular complexity index is 169. The Labute approximate surface area is 68.0 Å². The first-order valence-electron chi connectivity index (χ1n) is 3.77. The summed E-state index contributed by atoms with van der Waals surface area (Å²) < 4.78 is 37.0. The molecule has 0 spiro atoms. The highest BCUT2D eigenvalue weighted by Gasteiger charge is 2.57. The highest BCUT2D eigenvalue weighted by atomic mass is 19.4. The minimum atomic E-state index is -4.40. The lowest BCUT2D eigenvalue weighted by atomic mass is 9.86. The Kier molecular flexibility index (Phi) is 2.35. The van der Waals surface area contributed by atoms with Crippen LogP contribution in [-0.4, -0.2) is 29.1 Å². The van der Waals surface area contributed by atoms with Gasteiger partial charge in [0.05, 0.1) is 18.1 Å². The molecule has 2 N–H and O–H groups in total. The molecule has 1 fully saturated rings. The summed E-state index contributed by atoms with van der Waals surface area (Å²) in [6.45, 7) is -0.923.